The van der Waals surface area contributed by atoms with E-state index < -0.39 is 5.97 Å². The Morgan fingerprint density at radius 3 is 2.76 bits per heavy atom. The van der Waals surface area contributed by atoms with Gasteiger partial charge in [0.2, 0.25) is 0 Å². The number of carboxylic acid groups (broad SMARTS) is 1. The highest BCUT2D eigenvalue weighted by molar-refractivity contribution is 14.1. The molecule has 0 aliphatic rings. The van der Waals surface area contributed by atoms with Gasteiger partial charge in [0.1, 0.15) is 9.88 Å². The molecule has 110 valence electrons. The van der Waals surface area contributed by atoms with Gasteiger partial charge in [0.05, 0.1) is 17.3 Å². The summed E-state index contributed by atoms with van der Waals surface area (Å²) < 4.78 is 0.868. The summed E-state index contributed by atoms with van der Waals surface area (Å²) in [6.45, 7) is 1.81. The van der Waals surface area contributed by atoms with Crippen molar-refractivity contribution in [3.63, 3.8) is 0 Å². The van der Waals surface area contributed by atoms with E-state index in [0.717, 1.165) is 14.9 Å². The predicted octanol–water partition coefficient (Wildman–Crippen LogP) is 3.34. The first-order valence-corrected chi connectivity index (χ1v) is 8.08. The lowest BCUT2D eigenvalue weighted by Crippen LogP contribution is -2.22. The lowest BCUT2D eigenvalue weighted by atomic mass is 10.2. The number of nitrogens with zero attached hydrogens (tertiary/aromatic N) is 1. The Bertz CT molecular complexity index is 717. The van der Waals surface area contributed by atoms with Gasteiger partial charge < -0.3 is 10.4 Å². The quantitative estimate of drug-likeness (QED) is 0.721. The van der Waals surface area contributed by atoms with Crippen LogP contribution in [0.1, 0.15) is 30.7 Å². The molecule has 0 saturated heterocycles. The number of carbonyl (C=O) groups is 2. The molecule has 0 fully saturated rings. The molecule has 0 bridgehead atoms. The molecule has 5 nitrogen and oxygen atoms in total. The third-order valence-corrected chi connectivity index (χ3v) is 5.33. The fourth-order valence-electron chi connectivity index (χ4n) is 1.62. The van der Waals surface area contributed by atoms with Crippen molar-refractivity contribution in [3.05, 3.63) is 47.9 Å². The van der Waals surface area contributed by atoms with Crippen LogP contribution in [0.2, 0.25) is 5.02 Å². The summed E-state index contributed by atoms with van der Waals surface area (Å²) in [6.07, 6.45) is 0. The summed E-state index contributed by atoms with van der Waals surface area (Å²) in [4.78, 5) is 27.2. The monoisotopic (exact) mass is 436 g/mol. The van der Waals surface area contributed by atoms with Crippen LogP contribution in [-0.2, 0) is 6.54 Å². The number of thiazole rings is 1. The fraction of sp³-hybridized carbons (Fsp3) is 0.154. The summed E-state index contributed by atoms with van der Waals surface area (Å²) in [6, 6.07) is 5.03. The molecule has 1 aromatic carbocycles. The van der Waals surface area contributed by atoms with Gasteiger partial charge in [-0.15, -0.1) is 11.3 Å². The molecule has 0 unspecified atom stereocenters. The number of aromatic carboxylic acids is 1. The minimum atomic E-state index is -1.01. The van der Waals surface area contributed by atoms with Crippen LogP contribution in [0, 0.1) is 10.5 Å². The van der Waals surface area contributed by atoms with E-state index in [2.05, 4.69) is 32.9 Å². The number of hydrogen-bond donors (Lipinski definition) is 2. The zero-order valence-electron chi connectivity index (χ0n) is 10.8. The third kappa shape index (κ3) is 3.92. The van der Waals surface area contributed by atoms with Crippen LogP contribution in [0.15, 0.2) is 18.2 Å². The summed E-state index contributed by atoms with van der Waals surface area (Å²) >= 11 is 9.11. The molecule has 1 aromatic heterocycles. The molecule has 0 spiro atoms. The second-order valence-electron chi connectivity index (χ2n) is 4.14. The van der Waals surface area contributed by atoms with Crippen molar-refractivity contribution in [3.8, 4) is 0 Å². The van der Waals surface area contributed by atoms with E-state index in [1.54, 1.807) is 25.1 Å². The molecule has 1 heterocycles. The maximum absolute atomic E-state index is 12.0. The Balaban J connectivity index is 2.05. The number of hydrogen-bond acceptors (Lipinski definition) is 4. The molecule has 2 N–H and O–H groups in total. The van der Waals surface area contributed by atoms with E-state index in [0.29, 0.717) is 21.3 Å². The van der Waals surface area contributed by atoms with E-state index in [9.17, 15) is 9.59 Å². The lowest BCUT2D eigenvalue weighted by Gasteiger charge is -2.04. The first-order chi connectivity index (χ1) is 9.88. The lowest BCUT2D eigenvalue weighted by molar-refractivity contribution is 0.0701. The van der Waals surface area contributed by atoms with Crippen LogP contribution in [0.25, 0.3) is 0 Å². The number of benzene rings is 1. The molecular weight excluding hydrogens is 427 g/mol. The van der Waals surface area contributed by atoms with Crippen LogP contribution >= 0.6 is 45.5 Å². The smallest absolute Gasteiger partial charge is 0.347 e. The van der Waals surface area contributed by atoms with E-state index in [-0.39, 0.29) is 17.3 Å². The zero-order valence-corrected chi connectivity index (χ0v) is 14.5. The second kappa shape index (κ2) is 6.71. The Morgan fingerprint density at radius 1 is 1.48 bits per heavy atom. The number of amides is 1. The Kier molecular flexibility index (Phi) is 5.17. The highest BCUT2D eigenvalue weighted by Crippen LogP contribution is 2.20. The van der Waals surface area contributed by atoms with Crippen LogP contribution < -0.4 is 5.32 Å². The Hall–Kier alpha value is -1.19. The SMILES string of the molecule is Cc1nc(CNC(=O)c2ccc(I)c(Cl)c2)sc1C(=O)O. The van der Waals surface area contributed by atoms with Gasteiger partial charge in [-0.25, -0.2) is 9.78 Å². The molecule has 0 atom stereocenters. The fourth-order valence-corrected chi connectivity index (χ4v) is 2.98. The molecule has 2 aromatic rings. The molecule has 1 amide bonds. The van der Waals surface area contributed by atoms with Crippen molar-refractivity contribution < 1.29 is 14.7 Å². The van der Waals surface area contributed by atoms with Gasteiger partial charge in [-0.2, -0.15) is 0 Å². The van der Waals surface area contributed by atoms with E-state index in [1.165, 1.54) is 0 Å². The standard InChI is InChI=1S/C13H10ClIN2O3S/c1-6-11(13(19)20)21-10(17-6)5-16-12(18)7-2-3-9(15)8(14)4-7/h2-4H,5H2,1H3,(H,16,18)(H,19,20). The van der Waals surface area contributed by atoms with Gasteiger partial charge in [-0.1, -0.05) is 11.6 Å². The molecule has 0 saturated carbocycles. The number of nitrogens with one attached hydrogen (secondary N) is 1. The number of rotatable bonds is 4. The highest BCUT2D eigenvalue weighted by Gasteiger charge is 2.15. The van der Waals surface area contributed by atoms with Crippen molar-refractivity contribution in [2.75, 3.05) is 0 Å². The predicted molar refractivity (Wildman–Crippen MR) is 89.1 cm³/mol. The summed E-state index contributed by atoms with van der Waals surface area (Å²) in [5.74, 6) is -1.29. The molecule has 8 heteroatoms. The molecule has 0 aliphatic heterocycles. The summed E-state index contributed by atoms with van der Waals surface area (Å²) in [5, 5.41) is 12.7. The summed E-state index contributed by atoms with van der Waals surface area (Å²) in [5.41, 5.74) is 0.904. The Labute approximate surface area is 143 Å². The molecule has 2 rings (SSSR count). The average Bonchev–Trinajstić information content (AvgIpc) is 2.80. The molecule has 0 aliphatic carbocycles. The first-order valence-electron chi connectivity index (χ1n) is 5.81. The molecule has 0 radical (unpaired) electrons. The normalized spacial score (nSPS) is 10.4. The van der Waals surface area contributed by atoms with Crippen LogP contribution in [0.4, 0.5) is 0 Å². The van der Waals surface area contributed by atoms with Gasteiger partial charge in [-0.05, 0) is 47.7 Å². The average molecular weight is 437 g/mol. The van der Waals surface area contributed by atoms with E-state index >= 15 is 0 Å². The largest absolute Gasteiger partial charge is 0.477 e. The van der Waals surface area contributed by atoms with Crippen molar-refractivity contribution in [2.24, 2.45) is 0 Å². The van der Waals surface area contributed by atoms with Gasteiger partial charge in [0.15, 0.2) is 0 Å². The van der Waals surface area contributed by atoms with Crippen LogP contribution in [0.5, 0.6) is 0 Å². The third-order valence-electron chi connectivity index (χ3n) is 2.62. The van der Waals surface area contributed by atoms with Gasteiger partial charge in [0, 0.05) is 9.13 Å². The van der Waals surface area contributed by atoms with Crippen molar-refractivity contribution >= 4 is 57.4 Å². The Morgan fingerprint density at radius 2 is 2.19 bits per heavy atom. The summed E-state index contributed by atoms with van der Waals surface area (Å²) in [7, 11) is 0. The number of halogens is 2. The second-order valence-corrected chi connectivity index (χ2v) is 6.79. The highest BCUT2D eigenvalue weighted by atomic mass is 127. The van der Waals surface area contributed by atoms with Gasteiger partial charge >= 0.3 is 5.97 Å². The van der Waals surface area contributed by atoms with Crippen LogP contribution in [-0.4, -0.2) is 22.0 Å². The van der Waals surface area contributed by atoms with Crippen molar-refractivity contribution in [2.45, 2.75) is 13.5 Å². The van der Waals surface area contributed by atoms with Gasteiger partial charge in [-0.3, -0.25) is 4.79 Å². The van der Waals surface area contributed by atoms with E-state index in [1.807, 2.05) is 0 Å². The van der Waals surface area contributed by atoms with Crippen molar-refractivity contribution in [1.29, 1.82) is 0 Å². The minimum Gasteiger partial charge on any atom is -0.477 e. The molecule has 21 heavy (non-hydrogen) atoms. The number of carboxylic acids is 1. The van der Waals surface area contributed by atoms with Crippen LogP contribution in [0.3, 0.4) is 0 Å². The first kappa shape index (κ1) is 16.2. The maximum atomic E-state index is 12.0. The van der Waals surface area contributed by atoms with E-state index in [4.69, 9.17) is 16.7 Å². The number of aryl methyl sites for hydroxylation is 1. The van der Waals surface area contributed by atoms with Crippen molar-refractivity contribution in [1.82, 2.24) is 10.3 Å². The number of aromatic nitrogens is 1. The van der Waals surface area contributed by atoms with Gasteiger partial charge in [0.25, 0.3) is 5.91 Å². The maximum Gasteiger partial charge on any atom is 0.347 e. The zero-order chi connectivity index (χ0) is 15.6. The minimum absolute atomic E-state index is 0.182. The molecular formula is C13H10ClIN2O3S. The topological polar surface area (TPSA) is 79.3 Å². The number of carbonyl (C=O) groups excluding carboxylic acids is 1.